The molecule has 1 aromatic heterocycles. The first-order valence-corrected chi connectivity index (χ1v) is 24.1. The van der Waals surface area contributed by atoms with Crippen molar-refractivity contribution >= 4 is 5.69 Å². The first kappa shape index (κ1) is 35.6. The van der Waals surface area contributed by atoms with Crippen LogP contribution in [0.5, 0.6) is 0 Å². The highest BCUT2D eigenvalue weighted by Crippen LogP contribution is 2.56. The van der Waals surface area contributed by atoms with E-state index in [1.807, 2.05) is 5.57 Å². The molecule has 2 aliphatic heterocycles. The summed E-state index contributed by atoms with van der Waals surface area (Å²) >= 11 is 0. The van der Waals surface area contributed by atoms with Crippen molar-refractivity contribution < 1.29 is 4.42 Å². The molecule has 0 bridgehead atoms. The first-order valence-electron chi connectivity index (χ1n) is 24.1. The van der Waals surface area contributed by atoms with E-state index in [1.165, 1.54) is 127 Å². The van der Waals surface area contributed by atoms with Crippen molar-refractivity contribution in [2.24, 2.45) is 35.5 Å². The summed E-state index contributed by atoms with van der Waals surface area (Å²) in [6.07, 6.45) is 51.5. The normalized spacial score (nSPS) is 39.4. The van der Waals surface area contributed by atoms with Crippen molar-refractivity contribution in [3.8, 4) is 0 Å². The molecule has 12 rings (SSSR count). The number of furan rings is 1. The van der Waals surface area contributed by atoms with E-state index in [1.54, 1.807) is 28.0 Å². The first-order chi connectivity index (χ1) is 28.2. The fourth-order valence-corrected chi connectivity index (χ4v) is 15.1. The molecular formula is C54H66N2O. The zero-order chi connectivity index (χ0) is 37.5. The average Bonchev–Trinajstić information content (AvgIpc) is 3.94. The third-order valence-electron chi connectivity index (χ3n) is 17.6. The molecule has 12 atom stereocenters. The van der Waals surface area contributed by atoms with E-state index in [2.05, 4.69) is 94.8 Å². The minimum atomic E-state index is 0.549. The molecule has 2 fully saturated rings. The van der Waals surface area contributed by atoms with Gasteiger partial charge in [0.25, 0.3) is 0 Å². The molecule has 8 aliphatic carbocycles. The van der Waals surface area contributed by atoms with Crippen molar-refractivity contribution in [2.45, 2.75) is 165 Å². The maximum absolute atomic E-state index is 6.55. The maximum Gasteiger partial charge on any atom is 0.107 e. The molecule has 3 nitrogen and oxygen atoms in total. The fourth-order valence-electron chi connectivity index (χ4n) is 15.1. The van der Waals surface area contributed by atoms with Gasteiger partial charge in [-0.1, -0.05) is 90.1 Å². The van der Waals surface area contributed by atoms with Gasteiger partial charge in [-0.15, -0.1) is 0 Å². The Labute approximate surface area is 343 Å². The second-order valence-corrected chi connectivity index (χ2v) is 20.4. The van der Waals surface area contributed by atoms with Gasteiger partial charge in [-0.05, 0) is 168 Å². The fraction of sp³-hybridized carbons (Fsp3) is 0.593. The van der Waals surface area contributed by atoms with Crippen molar-refractivity contribution in [2.75, 3.05) is 4.90 Å². The lowest BCUT2D eigenvalue weighted by Crippen LogP contribution is -2.48. The molecule has 3 heteroatoms. The molecule has 2 aromatic rings. The quantitative estimate of drug-likeness (QED) is 0.283. The van der Waals surface area contributed by atoms with Crippen LogP contribution in [0.1, 0.15) is 137 Å². The minimum absolute atomic E-state index is 0.549. The number of hydrogen-bond acceptors (Lipinski definition) is 3. The molecule has 12 unspecified atom stereocenters. The Kier molecular flexibility index (Phi) is 9.22. The third-order valence-corrected chi connectivity index (χ3v) is 17.6. The van der Waals surface area contributed by atoms with E-state index in [0.717, 1.165) is 36.5 Å². The van der Waals surface area contributed by atoms with Crippen LogP contribution in [0, 0.1) is 35.5 Å². The predicted octanol–water partition coefficient (Wildman–Crippen LogP) is 12.3. The lowest BCUT2D eigenvalue weighted by atomic mass is 9.68. The topological polar surface area (TPSA) is 19.6 Å². The van der Waals surface area contributed by atoms with Crippen molar-refractivity contribution in [3.63, 3.8) is 0 Å². The number of anilines is 1. The van der Waals surface area contributed by atoms with Crippen LogP contribution in [0.3, 0.4) is 0 Å². The Morgan fingerprint density at radius 2 is 1.58 bits per heavy atom. The van der Waals surface area contributed by atoms with Crippen LogP contribution in [0.4, 0.5) is 5.69 Å². The number of hydrogen-bond donors (Lipinski definition) is 0. The number of nitrogens with zero attached hydrogens (tertiary/aromatic N) is 2. The Balaban J connectivity index is 0.822. The summed E-state index contributed by atoms with van der Waals surface area (Å²) in [5.74, 6) is 7.70. The van der Waals surface area contributed by atoms with Gasteiger partial charge in [-0.25, -0.2) is 0 Å². The molecule has 57 heavy (non-hydrogen) atoms. The van der Waals surface area contributed by atoms with Crippen LogP contribution < -0.4 is 4.90 Å². The van der Waals surface area contributed by atoms with Crippen LogP contribution in [0.2, 0.25) is 0 Å². The number of fused-ring (bicyclic) bond motifs is 9. The lowest BCUT2D eigenvalue weighted by Gasteiger charge is -2.46. The van der Waals surface area contributed by atoms with Gasteiger partial charge in [0.2, 0.25) is 0 Å². The van der Waals surface area contributed by atoms with Gasteiger partial charge < -0.3 is 9.32 Å². The molecule has 298 valence electrons. The Morgan fingerprint density at radius 3 is 2.51 bits per heavy atom. The molecule has 3 heterocycles. The number of rotatable bonds is 5. The maximum atomic E-state index is 6.55. The summed E-state index contributed by atoms with van der Waals surface area (Å²) in [4.78, 5) is 6.12. The van der Waals surface area contributed by atoms with Gasteiger partial charge in [-0.2, -0.15) is 0 Å². The largest absolute Gasteiger partial charge is 0.465 e. The molecule has 0 N–H and O–H groups in total. The number of para-hydroxylation sites is 1. The van der Waals surface area contributed by atoms with Gasteiger partial charge in [0.05, 0.1) is 0 Å². The molecule has 1 saturated heterocycles. The highest BCUT2D eigenvalue weighted by molar-refractivity contribution is 5.63. The minimum Gasteiger partial charge on any atom is -0.465 e. The van der Waals surface area contributed by atoms with Gasteiger partial charge in [0, 0.05) is 60.6 Å². The lowest BCUT2D eigenvalue weighted by molar-refractivity contribution is 0.137. The zero-order valence-corrected chi connectivity index (χ0v) is 34.5. The molecular weight excluding hydrogens is 693 g/mol. The second kappa shape index (κ2) is 14.8. The summed E-state index contributed by atoms with van der Waals surface area (Å²) in [5.41, 5.74) is 10.1. The summed E-state index contributed by atoms with van der Waals surface area (Å²) in [6.45, 7) is 0. The Bertz CT molecular complexity index is 2040. The number of allylic oxidation sites excluding steroid dienone is 8. The van der Waals surface area contributed by atoms with Crippen molar-refractivity contribution in [1.82, 2.24) is 4.90 Å². The van der Waals surface area contributed by atoms with Gasteiger partial charge in [0.15, 0.2) is 0 Å². The van der Waals surface area contributed by atoms with Gasteiger partial charge in [0.1, 0.15) is 11.5 Å². The van der Waals surface area contributed by atoms with E-state index < -0.39 is 0 Å². The molecule has 0 spiro atoms. The van der Waals surface area contributed by atoms with Gasteiger partial charge >= 0.3 is 0 Å². The third kappa shape index (κ3) is 6.13. The van der Waals surface area contributed by atoms with Crippen LogP contribution in [-0.2, 0) is 25.7 Å². The predicted molar refractivity (Wildman–Crippen MR) is 234 cm³/mol. The highest BCUT2D eigenvalue weighted by atomic mass is 16.3. The highest BCUT2D eigenvalue weighted by Gasteiger charge is 2.52. The van der Waals surface area contributed by atoms with Crippen LogP contribution in [-0.4, -0.2) is 35.1 Å². The molecule has 0 radical (unpaired) electrons. The smallest absolute Gasteiger partial charge is 0.107 e. The van der Waals surface area contributed by atoms with Crippen LogP contribution in [0.15, 0.2) is 101 Å². The van der Waals surface area contributed by atoms with E-state index in [-0.39, 0.29) is 0 Å². The number of benzene rings is 1. The zero-order valence-electron chi connectivity index (χ0n) is 34.5. The standard InChI is InChI=1S/C54H66N2O/c1-3-13-35(14-4-1)39-29-40(36-15-5-2-6-16-36)31-42(30-39)56-50-21-11-8-18-44(50)47-32-37(24-27-51(47)56)38-23-26-45-43-17-7-10-20-49(43)55(52(45)33-38)41-25-28-54-48(34-41)46-19-9-12-22-53(46)57-54/h1,3,5,7-8,10-11,15,17-18,20-21,29,33,35-37,39,41-43,45,47,49,51-52H,2,4,6,9,12-14,16,19,22-28,30-32,34H2. The number of likely N-dealkylation sites (tertiary alicyclic amines) is 1. The van der Waals surface area contributed by atoms with Crippen molar-refractivity contribution in [1.29, 1.82) is 0 Å². The summed E-state index contributed by atoms with van der Waals surface area (Å²) in [7, 11) is 0. The summed E-state index contributed by atoms with van der Waals surface area (Å²) < 4.78 is 6.55. The van der Waals surface area contributed by atoms with Crippen LogP contribution in [0.25, 0.3) is 0 Å². The molecule has 10 aliphatic rings. The van der Waals surface area contributed by atoms with Gasteiger partial charge in [-0.3, -0.25) is 4.90 Å². The number of aryl methyl sites for hydroxylation is 2. The molecule has 1 saturated carbocycles. The van der Waals surface area contributed by atoms with E-state index in [0.29, 0.717) is 48.0 Å². The molecule has 0 amide bonds. The van der Waals surface area contributed by atoms with Crippen molar-refractivity contribution in [3.05, 3.63) is 124 Å². The Morgan fingerprint density at radius 1 is 0.649 bits per heavy atom. The SMILES string of the molecule is C1=CC2C3CCC(C4CCC5C(C4)c4ccccc4N5C4CC(C5C=CCCC5)=CC(C5CC=CCC5)C4)=CC3N(C3CCc4oc5c(c4C3)CCCC5)C2C=C1. The average molecular weight is 759 g/mol. The van der Waals surface area contributed by atoms with Crippen LogP contribution >= 0.6 is 0 Å². The molecule has 1 aromatic carbocycles. The summed E-state index contributed by atoms with van der Waals surface area (Å²) in [6, 6.07) is 12.8. The monoisotopic (exact) mass is 759 g/mol. The van der Waals surface area contributed by atoms with E-state index in [9.17, 15) is 0 Å². The summed E-state index contributed by atoms with van der Waals surface area (Å²) in [5, 5.41) is 0. The van der Waals surface area contributed by atoms with E-state index >= 15 is 0 Å². The van der Waals surface area contributed by atoms with E-state index in [4.69, 9.17) is 4.42 Å². The second-order valence-electron chi connectivity index (χ2n) is 20.4. The Hall–Kier alpha value is -3.30.